The molecule has 6 nitrogen and oxygen atoms in total. The van der Waals surface area contributed by atoms with Crippen LogP contribution in [-0.2, 0) is 14.8 Å². The fourth-order valence-electron chi connectivity index (χ4n) is 2.28. The lowest BCUT2D eigenvalue weighted by Gasteiger charge is -2.25. The Morgan fingerprint density at radius 3 is 2.42 bits per heavy atom. The van der Waals surface area contributed by atoms with Gasteiger partial charge in [-0.3, -0.25) is 4.79 Å². The van der Waals surface area contributed by atoms with Crippen molar-refractivity contribution in [2.75, 3.05) is 19.3 Å². The molecule has 1 aliphatic rings. The van der Waals surface area contributed by atoms with Crippen LogP contribution in [0.2, 0.25) is 0 Å². The third kappa shape index (κ3) is 5.46. The van der Waals surface area contributed by atoms with E-state index >= 15 is 0 Å². The molecule has 1 aliphatic heterocycles. The summed E-state index contributed by atoms with van der Waals surface area (Å²) in [5, 5.41) is 9.88. The lowest BCUT2D eigenvalue weighted by Crippen LogP contribution is -2.49. The summed E-state index contributed by atoms with van der Waals surface area (Å²) in [6.07, 6.45) is 2.02. The molecule has 2 N–H and O–H groups in total. The average molecular weight is 292 g/mol. The zero-order chi connectivity index (χ0) is 14.8. The second-order valence-corrected chi connectivity index (χ2v) is 7.86. The number of β-amino-alcohol motifs (C(OH)–C–C–N with tert-alkyl or cyclic N) is 1. The molecule has 7 heteroatoms. The molecule has 0 spiro atoms. The zero-order valence-corrected chi connectivity index (χ0v) is 12.8. The molecule has 0 aromatic rings. The molecule has 0 radical (unpaired) electrons. The van der Waals surface area contributed by atoms with Gasteiger partial charge in [0.25, 0.3) is 0 Å². The third-order valence-electron chi connectivity index (χ3n) is 3.13. The van der Waals surface area contributed by atoms with Gasteiger partial charge in [0.2, 0.25) is 15.9 Å². The molecule has 0 bridgehead atoms. The largest absolute Gasteiger partial charge is 0.388 e. The molecule has 1 fully saturated rings. The highest BCUT2D eigenvalue weighted by Gasteiger charge is 2.37. The second kappa shape index (κ2) is 5.76. The van der Waals surface area contributed by atoms with Crippen LogP contribution in [0, 0.1) is 5.92 Å². The van der Waals surface area contributed by atoms with Gasteiger partial charge in [-0.1, -0.05) is 13.8 Å². The molecule has 2 unspecified atom stereocenters. The molecule has 0 aromatic heterocycles. The fourth-order valence-corrected chi connectivity index (χ4v) is 3.00. The Labute approximate surface area is 115 Å². The molecule has 1 saturated heterocycles. The van der Waals surface area contributed by atoms with Crippen LogP contribution in [0.3, 0.4) is 0 Å². The van der Waals surface area contributed by atoms with Gasteiger partial charge in [-0.25, -0.2) is 13.1 Å². The van der Waals surface area contributed by atoms with Gasteiger partial charge in [0, 0.05) is 13.1 Å². The number of aliphatic hydroxyl groups is 1. The van der Waals surface area contributed by atoms with E-state index in [4.69, 9.17) is 0 Å². The lowest BCUT2D eigenvalue weighted by atomic mass is 10.0. The minimum Gasteiger partial charge on any atom is -0.388 e. The average Bonchev–Trinajstić information content (AvgIpc) is 2.54. The third-order valence-corrected chi connectivity index (χ3v) is 3.84. The van der Waals surface area contributed by atoms with Crippen molar-refractivity contribution >= 4 is 15.9 Å². The minimum atomic E-state index is -3.43. The quantitative estimate of drug-likeness (QED) is 0.743. The van der Waals surface area contributed by atoms with Crippen molar-refractivity contribution in [1.82, 2.24) is 9.62 Å². The molecule has 19 heavy (non-hydrogen) atoms. The Morgan fingerprint density at radius 2 is 2.05 bits per heavy atom. The molecular weight excluding hydrogens is 268 g/mol. The lowest BCUT2D eigenvalue weighted by molar-refractivity contribution is -0.133. The van der Waals surface area contributed by atoms with Crippen molar-refractivity contribution in [3.8, 4) is 0 Å². The van der Waals surface area contributed by atoms with Crippen LogP contribution in [-0.4, -0.2) is 55.3 Å². The number of hydrogen-bond donors (Lipinski definition) is 2. The summed E-state index contributed by atoms with van der Waals surface area (Å²) in [5.41, 5.74) is -0.872. The first-order valence-corrected chi connectivity index (χ1v) is 8.38. The van der Waals surface area contributed by atoms with Gasteiger partial charge in [0.05, 0.1) is 11.9 Å². The van der Waals surface area contributed by atoms with Gasteiger partial charge in [-0.2, -0.15) is 0 Å². The zero-order valence-electron chi connectivity index (χ0n) is 12.0. The van der Waals surface area contributed by atoms with Gasteiger partial charge >= 0.3 is 0 Å². The van der Waals surface area contributed by atoms with Crippen LogP contribution in [0.25, 0.3) is 0 Å². The highest BCUT2D eigenvalue weighted by atomic mass is 32.2. The molecule has 1 heterocycles. The number of nitrogens with zero attached hydrogens (tertiary/aromatic N) is 1. The van der Waals surface area contributed by atoms with Crippen molar-refractivity contribution < 1.29 is 18.3 Å². The Kier molecular flexibility index (Phi) is 4.97. The van der Waals surface area contributed by atoms with Gasteiger partial charge in [-0.05, 0) is 25.7 Å². The summed E-state index contributed by atoms with van der Waals surface area (Å²) in [6, 6.07) is -0.746. The number of rotatable bonds is 5. The summed E-state index contributed by atoms with van der Waals surface area (Å²) in [4.78, 5) is 13.9. The van der Waals surface area contributed by atoms with Gasteiger partial charge in [0.15, 0.2) is 0 Å². The number of likely N-dealkylation sites (tertiary alicyclic amines) is 1. The van der Waals surface area contributed by atoms with Crippen LogP contribution in [0.15, 0.2) is 0 Å². The molecule has 1 rings (SSSR count). The number of carbonyl (C=O) groups is 1. The van der Waals surface area contributed by atoms with E-state index in [1.807, 2.05) is 13.8 Å². The van der Waals surface area contributed by atoms with E-state index in [0.717, 1.165) is 6.26 Å². The summed E-state index contributed by atoms with van der Waals surface area (Å²) in [5.74, 6) is -0.0526. The summed E-state index contributed by atoms with van der Waals surface area (Å²) >= 11 is 0. The van der Waals surface area contributed by atoms with Crippen LogP contribution in [0.1, 0.15) is 33.6 Å². The first-order chi connectivity index (χ1) is 8.50. The van der Waals surface area contributed by atoms with Crippen molar-refractivity contribution in [3.63, 3.8) is 0 Å². The van der Waals surface area contributed by atoms with Crippen LogP contribution in [0.4, 0.5) is 0 Å². The van der Waals surface area contributed by atoms with E-state index in [0.29, 0.717) is 19.4 Å². The maximum absolute atomic E-state index is 12.3. The Balaban J connectivity index is 2.77. The van der Waals surface area contributed by atoms with E-state index < -0.39 is 21.7 Å². The van der Waals surface area contributed by atoms with Crippen molar-refractivity contribution in [2.45, 2.75) is 45.3 Å². The molecule has 0 aromatic carbocycles. The first-order valence-electron chi connectivity index (χ1n) is 6.49. The SMILES string of the molecule is CC(C)CC(NS(C)(=O)=O)C(=O)N1CCC(C)(O)C1. The van der Waals surface area contributed by atoms with E-state index in [1.165, 1.54) is 4.90 Å². The first kappa shape index (κ1) is 16.4. The Morgan fingerprint density at radius 1 is 1.47 bits per heavy atom. The Bertz CT molecular complexity index is 431. The maximum atomic E-state index is 12.3. The van der Waals surface area contributed by atoms with Crippen LogP contribution >= 0.6 is 0 Å². The molecule has 112 valence electrons. The molecule has 0 aliphatic carbocycles. The number of amides is 1. The summed E-state index contributed by atoms with van der Waals surface area (Å²) in [6.45, 7) is 6.27. The number of hydrogen-bond acceptors (Lipinski definition) is 4. The van der Waals surface area contributed by atoms with Gasteiger partial charge < -0.3 is 10.0 Å². The topological polar surface area (TPSA) is 86.7 Å². The minimum absolute atomic E-state index is 0.200. The predicted octanol–water partition coefficient (Wildman–Crippen LogP) is -0.0664. The molecule has 0 saturated carbocycles. The number of nitrogens with one attached hydrogen (secondary N) is 1. The number of sulfonamides is 1. The van der Waals surface area contributed by atoms with E-state index in [9.17, 15) is 18.3 Å². The van der Waals surface area contributed by atoms with Crippen molar-refractivity contribution in [1.29, 1.82) is 0 Å². The molecular formula is C12H24N2O4S. The van der Waals surface area contributed by atoms with Crippen molar-refractivity contribution in [3.05, 3.63) is 0 Å². The number of carbonyl (C=O) groups excluding carboxylic acids is 1. The monoisotopic (exact) mass is 292 g/mol. The maximum Gasteiger partial charge on any atom is 0.240 e. The van der Waals surface area contributed by atoms with Crippen molar-refractivity contribution in [2.24, 2.45) is 5.92 Å². The standard InChI is InChI=1S/C12H24N2O4S/c1-9(2)7-10(13-19(4,17)18)11(15)14-6-5-12(3,16)8-14/h9-10,13,16H,5-8H2,1-4H3. The van der Waals surface area contributed by atoms with Crippen LogP contribution in [0.5, 0.6) is 0 Å². The van der Waals surface area contributed by atoms with Gasteiger partial charge in [-0.15, -0.1) is 0 Å². The van der Waals surface area contributed by atoms with E-state index in [-0.39, 0.29) is 18.4 Å². The normalized spacial score (nSPS) is 25.9. The predicted molar refractivity (Wildman–Crippen MR) is 73.0 cm³/mol. The molecule has 1 amide bonds. The van der Waals surface area contributed by atoms with Crippen LogP contribution < -0.4 is 4.72 Å². The van der Waals surface area contributed by atoms with E-state index in [2.05, 4.69) is 4.72 Å². The Hall–Kier alpha value is -0.660. The summed E-state index contributed by atoms with van der Waals surface area (Å²) in [7, 11) is -3.43. The fraction of sp³-hybridized carbons (Fsp3) is 0.917. The second-order valence-electron chi connectivity index (χ2n) is 6.08. The highest BCUT2D eigenvalue weighted by Crippen LogP contribution is 2.22. The van der Waals surface area contributed by atoms with E-state index in [1.54, 1.807) is 6.92 Å². The highest BCUT2D eigenvalue weighted by molar-refractivity contribution is 7.88. The molecule has 2 atom stereocenters. The summed E-state index contributed by atoms with van der Waals surface area (Å²) < 4.78 is 25.1. The smallest absolute Gasteiger partial charge is 0.240 e. The van der Waals surface area contributed by atoms with Gasteiger partial charge in [0.1, 0.15) is 6.04 Å².